The van der Waals surface area contributed by atoms with Crippen LogP contribution in [-0.2, 0) is 11.3 Å². The minimum Gasteiger partial charge on any atom is -0.338 e. The highest BCUT2D eigenvalue weighted by Crippen LogP contribution is 2.31. The molecule has 0 saturated heterocycles. The number of nitrogens with one attached hydrogen (secondary N) is 1. The number of rotatable bonds is 6. The van der Waals surface area contributed by atoms with E-state index >= 15 is 0 Å². The summed E-state index contributed by atoms with van der Waals surface area (Å²) in [5.74, 6) is 1.18. The number of nitrogens with zero attached hydrogens (tertiary/aromatic N) is 5. The molecule has 152 valence electrons. The zero-order chi connectivity index (χ0) is 21.1. The Labute approximate surface area is 175 Å². The molecular formula is C23H24N6O. The molecule has 0 spiro atoms. The number of amidine groups is 1. The number of tetrazole rings is 1. The van der Waals surface area contributed by atoms with Gasteiger partial charge in [-0.3, -0.25) is 4.79 Å². The van der Waals surface area contributed by atoms with Crippen LogP contribution in [0.25, 0.3) is 22.5 Å². The second-order valence-corrected chi connectivity index (χ2v) is 7.71. The molecule has 0 bridgehead atoms. The van der Waals surface area contributed by atoms with Crippen LogP contribution in [0.5, 0.6) is 0 Å². The highest BCUT2D eigenvalue weighted by molar-refractivity contribution is 6.10. The Hall–Kier alpha value is -3.61. The van der Waals surface area contributed by atoms with Gasteiger partial charge in [0, 0.05) is 12.1 Å². The van der Waals surface area contributed by atoms with Crippen molar-refractivity contribution >= 4 is 11.7 Å². The second-order valence-electron chi connectivity index (χ2n) is 7.71. The third-order valence-electron chi connectivity index (χ3n) is 5.31. The third kappa shape index (κ3) is 3.66. The molecule has 0 atom stereocenters. The molecule has 0 aliphatic carbocycles. The van der Waals surface area contributed by atoms with Gasteiger partial charge in [0.25, 0.3) is 5.91 Å². The van der Waals surface area contributed by atoms with Crippen molar-refractivity contribution in [2.75, 3.05) is 0 Å². The molecule has 1 N–H and O–H groups in total. The predicted molar refractivity (Wildman–Crippen MR) is 117 cm³/mol. The zero-order valence-electron chi connectivity index (χ0n) is 17.3. The zero-order valence-corrected chi connectivity index (χ0v) is 17.3. The highest BCUT2D eigenvalue weighted by Gasteiger charge is 2.41. The van der Waals surface area contributed by atoms with E-state index in [1.807, 2.05) is 50.3 Å². The monoisotopic (exact) mass is 400 g/mol. The van der Waals surface area contributed by atoms with Crippen molar-refractivity contribution in [1.82, 2.24) is 25.5 Å². The lowest BCUT2D eigenvalue weighted by atomic mass is 9.97. The lowest BCUT2D eigenvalue weighted by Crippen LogP contribution is -2.45. The summed E-state index contributed by atoms with van der Waals surface area (Å²) < 4.78 is 0. The lowest BCUT2D eigenvalue weighted by Gasteiger charge is -2.32. The van der Waals surface area contributed by atoms with Crippen LogP contribution in [0, 0.1) is 0 Å². The number of hydrogen-bond acceptors (Lipinski definition) is 5. The van der Waals surface area contributed by atoms with Gasteiger partial charge in [-0.1, -0.05) is 61.5 Å². The fraction of sp³-hybridized carbons (Fsp3) is 0.261. The van der Waals surface area contributed by atoms with Crippen molar-refractivity contribution in [2.24, 2.45) is 4.99 Å². The van der Waals surface area contributed by atoms with E-state index in [0.29, 0.717) is 12.4 Å². The fourth-order valence-electron chi connectivity index (χ4n) is 3.51. The minimum atomic E-state index is -0.655. The van der Waals surface area contributed by atoms with Crippen molar-refractivity contribution in [2.45, 2.75) is 39.3 Å². The maximum Gasteiger partial charge on any atom is 0.272 e. The molecule has 4 rings (SSSR count). The van der Waals surface area contributed by atoms with E-state index < -0.39 is 5.54 Å². The number of allylic oxidation sites excluding steroid dienone is 1. The summed E-state index contributed by atoms with van der Waals surface area (Å²) in [4.78, 5) is 18.7. The van der Waals surface area contributed by atoms with Gasteiger partial charge in [-0.05, 0) is 48.2 Å². The van der Waals surface area contributed by atoms with Crippen LogP contribution < -0.4 is 0 Å². The van der Waals surface area contributed by atoms with Crippen LogP contribution in [0.15, 0.2) is 65.7 Å². The van der Waals surface area contributed by atoms with Gasteiger partial charge in [0.15, 0.2) is 0 Å². The summed E-state index contributed by atoms with van der Waals surface area (Å²) in [6.45, 7) is 6.51. The SMILES string of the molecule is CCC=CC1=NC(=O)C(C)(C)N1Cc1ccc(-c2ccccc2-c2nn[nH]n2)cc1. The third-order valence-corrected chi connectivity index (χ3v) is 5.31. The van der Waals surface area contributed by atoms with Crippen molar-refractivity contribution in [3.8, 4) is 22.5 Å². The van der Waals surface area contributed by atoms with Crippen LogP contribution in [0.2, 0.25) is 0 Å². The molecular weight excluding hydrogens is 376 g/mol. The Morgan fingerprint density at radius 1 is 1.07 bits per heavy atom. The van der Waals surface area contributed by atoms with E-state index in [9.17, 15) is 4.79 Å². The van der Waals surface area contributed by atoms with Crippen LogP contribution in [-0.4, -0.2) is 42.8 Å². The molecule has 30 heavy (non-hydrogen) atoms. The molecule has 1 aliphatic heterocycles. The minimum absolute atomic E-state index is 0.107. The van der Waals surface area contributed by atoms with Gasteiger partial charge in [0.2, 0.25) is 5.82 Å². The first-order valence-electron chi connectivity index (χ1n) is 10.00. The van der Waals surface area contributed by atoms with E-state index in [1.54, 1.807) is 0 Å². The molecule has 3 aromatic rings. The second kappa shape index (κ2) is 8.02. The van der Waals surface area contributed by atoms with Gasteiger partial charge in [-0.2, -0.15) is 10.2 Å². The van der Waals surface area contributed by atoms with E-state index in [-0.39, 0.29) is 5.91 Å². The number of carbonyl (C=O) groups excluding carboxylic acids is 1. The summed E-state index contributed by atoms with van der Waals surface area (Å²) in [5, 5.41) is 14.4. The largest absolute Gasteiger partial charge is 0.338 e. The van der Waals surface area contributed by atoms with Crippen molar-refractivity contribution in [3.05, 3.63) is 66.2 Å². The molecule has 7 nitrogen and oxygen atoms in total. The number of aromatic nitrogens is 4. The fourth-order valence-corrected chi connectivity index (χ4v) is 3.51. The molecule has 0 saturated carbocycles. The molecule has 2 heterocycles. The van der Waals surface area contributed by atoms with Gasteiger partial charge in [0.05, 0.1) is 0 Å². The van der Waals surface area contributed by atoms with Crippen LogP contribution in [0.1, 0.15) is 32.8 Å². The van der Waals surface area contributed by atoms with E-state index in [1.165, 1.54) is 0 Å². The van der Waals surface area contributed by atoms with Gasteiger partial charge in [-0.15, -0.1) is 10.2 Å². The molecule has 1 aliphatic rings. The number of hydrogen-bond donors (Lipinski definition) is 1. The number of amides is 1. The Morgan fingerprint density at radius 2 is 1.80 bits per heavy atom. The maximum absolute atomic E-state index is 12.4. The first kappa shape index (κ1) is 19.7. The Bertz CT molecular complexity index is 1100. The maximum atomic E-state index is 12.4. The van der Waals surface area contributed by atoms with Crippen LogP contribution in [0.3, 0.4) is 0 Å². The van der Waals surface area contributed by atoms with Gasteiger partial charge < -0.3 is 4.90 Å². The normalized spacial score (nSPS) is 15.8. The molecule has 1 amide bonds. The first-order valence-corrected chi connectivity index (χ1v) is 10.00. The summed E-state index contributed by atoms with van der Waals surface area (Å²) in [6, 6.07) is 16.3. The van der Waals surface area contributed by atoms with Gasteiger partial charge in [0.1, 0.15) is 11.4 Å². The van der Waals surface area contributed by atoms with Crippen LogP contribution in [0.4, 0.5) is 0 Å². The lowest BCUT2D eigenvalue weighted by molar-refractivity contribution is -0.124. The Kier molecular flexibility index (Phi) is 5.27. The summed E-state index contributed by atoms with van der Waals surface area (Å²) in [5.41, 5.74) is 3.48. The number of H-pyrrole nitrogens is 1. The molecule has 0 fully saturated rings. The molecule has 0 unspecified atom stereocenters. The Balaban J connectivity index is 1.60. The van der Waals surface area contributed by atoms with E-state index in [0.717, 1.165) is 34.5 Å². The van der Waals surface area contributed by atoms with E-state index in [2.05, 4.69) is 61.7 Å². The molecule has 2 aromatic carbocycles. The topological polar surface area (TPSA) is 87.1 Å². The highest BCUT2D eigenvalue weighted by atomic mass is 16.2. The van der Waals surface area contributed by atoms with Gasteiger partial charge in [-0.25, -0.2) is 0 Å². The number of carbonyl (C=O) groups is 1. The molecule has 1 aromatic heterocycles. The Morgan fingerprint density at radius 3 is 2.47 bits per heavy atom. The average Bonchev–Trinajstić information content (AvgIpc) is 3.36. The molecule has 0 radical (unpaired) electrons. The smallest absolute Gasteiger partial charge is 0.272 e. The quantitative estimate of drug-likeness (QED) is 0.675. The number of benzene rings is 2. The summed E-state index contributed by atoms with van der Waals surface area (Å²) in [7, 11) is 0. The predicted octanol–water partition coefficient (Wildman–Crippen LogP) is 4.02. The summed E-state index contributed by atoms with van der Waals surface area (Å²) in [6.07, 6.45) is 4.86. The van der Waals surface area contributed by atoms with Crippen molar-refractivity contribution < 1.29 is 4.79 Å². The first-order chi connectivity index (χ1) is 14.5. The summed E-state index contributed by atoms with van der Waals surface area (Å²) >= 11 is 0. The average molecular weight is 400 g/mol. The van der Waals surface area contributed by atoms with Gasteiger partial charge >= 0.3 is 0 Å². The number of aromatic amines is 1. The standard InChI is InChI=1S/C23H24N6O/c1-4-5-10-20-24-22(30)23(2,3)29(20)15-16-11-13-17(14-12-16)18-8-6-7-9-19(18)21-25-27-28-26-21/h5-14H,4,15H2,1-3H3,(H,25,26,27,28). The van der Waals surface area contributed by atoms with Crippen molar-refractivity contribution in [3.63, 3.8) is 0 Å². The van der Waals surface area contributed by atoms with Crippen molar-refractivity contribution in [1.29, 1.82) is 0 Å². The molecule has 7 heteroatoms. The number of aliphatic imine (C=N–C) groups is 1. The van der Waals surface area contributed by atoms with E-state index in [4.69, 9.17) is 0 Å². The van der Waals surface area contributed by atoms with Crippen LogP contribution >= 0.6 is 0 Å².